The number of carbonyl (C=O) groups excluding carboxylic acids is 1. The Bertz CT molecular complexity index is 1160. The molecule has 30 heavy (non-hydrogen) atoms. The molecule has 0 radical (unpaired) electrons. The Balaban J connectivity index is 1.91. The van der Waals surface area contributed by atoms with E-state index in [1.807, 2.05) is 32.0 Å². The Labute approximate surface area is 176 Å². The Morgan fingerprint density at radius 2 is 1.87 bits per heavy atom. The molecule has 8 nitrogen and oxygen atoms in total. The molecule has 0 fully saturated rings. The smallest absolute Gasteiger partial charge is 0.249 e. The minimum absolute atomic E-state index is 0.0131. The summed E-state index contributed by atoms with van der Waals surface area (Å²) in [6.45, 7) is 5.41. The lowest BCUT2D eigenvalue weighted by atomic mass is 10.0. The lowest BCUT2D eigenvalue weighted by Crippen LogP contribution is -2.40. The largest absolute Gasteiger partial charge is 0.368 e. The number of fused-ring (bicyclic) bond motifs is 1. The summed E-state index contributed by atoms with van der Waals surface area (Å²) in [6.07, 6.45) is 0. The van der Waals surface area contributed by atoms with Gasteiger partial charge in [0.15, 0.2) is 0 Å². The molecule has 156 valence electrons. The van der Waals surface area contributed by atoms with E-state index in [2.05, 4.69) is 32.1 Å². The molecule has 0 aliphatic rings. The number of anilines is 1. The number of hydrogen-bond donors (Lipinski definition) is 3. The Hall–Kier alpha value is -3.22. The van der Waals surface area contributed by atoms with Crippen LogP contribution >= 0.6 is 0 Å². The van der Waals surface area contributed by atoms with Crippen LogP contribution < -0.4 is 15.8 Å². The lowest BCUT2D eigenvalue weighted by molar-refractivity contribution is -0.119. The predicted octanol–water partition coefficient (Wildman–Crippen LogP) is 1.94. The summed E-state index contributed by atoms with van der Waals surface area (Å²) in [7, 11) is -3.80. The highest BCUT2D eigenvalue weighted by Crippen LogP contribution is 2.22. The van der Waals surface area contributed by atoms with E-state index < -0.39 is 22.0 Å². The van der Waals surface area contributed by atoms with Crippen LogP contribution in [-0.4, -0.2) is 30.3 Å². The van der Waals surface area contributed by atoms with Gasteiger partial charge >= 0.3 is 0 Å². The molecule has 2 aromatic carbocycles. The minimum atomic E-state index is -3.80. The number of sulfonamides is 1. The maximum Gasteiger partial charge on any atom is 0.249 e. The zero-order valence-corrected chi connectivity index (χ0v) is 17.7. The molecule has 1 aromatic heterocycles. The summed E-state index contributed by atoms with van der Waals surface area (Å²) in [5.74, 6) is 0.109. The Kier molecular flexibility index (Phi) is 6.20. The number of carbonyl (C=O) groups is 1. The van der Waals surface area contributed by atoms with Gasteiger partial charge in [0.05, 0.1) is 12.1 Å². The van der Waals surface area contributed by atoms with Gasteiger partial charge in [-0.15, -0.1) is 0 Å². The fourth-order valence-electron chi connectivity index (χ4n) is 2.87. The number of nitrogens with two attached hydrogens (primary N) is 1. The van der Waals surface area contributed by atoms with Crippen LogP contribution in [0.25, 0.3) is 10.9 Å². The molecule has 1 heterocycles. The molecule has 0 unspecified atom stereocenters. The number of para-hydroxylation sites is 1. The molecule has 4 N–H and O–H groups in total. The first-order chi connectivity index (χ1) is 14.2. The highest BCUT2D eigenvalue weighted by molar-refractivity contribution is 7.89. The van der Waals surface area contributed by atoms with Crippen LogP contribution in [0.4, 0.5) is 5.82 Å². The maximum absolute atomic E-state index is 12.5. The third-order valence-electron chi connectivity index (χ3n) is 4.49. The van der Waals surface area contributed by atoms with Crippen LogP contribution in [-0.2, 0) is 21.4 Å². The molecule has 1 amide bonds. The molecule has 0 spiro atoms. The molecule has 0 saturated heterocycles. The van der Waals surface area contributed by atoms with Gasteiger partial charge in [-0.3, -0.25) is 4.79 Å². The fourth-order valence-corrected chi connectivity index (χ4v) is 3.77. The van der Waals surface area contributed by atoms with Crippen molar-refractivity contribution in [3.8, 4) is 0 Å². The van der Waals surface area contributed by atoms with Gasteiger partial charge in [0.25, 0.3) is 0 Å². The van der Waals surface area contributed by atoms with Crippen molar-refractivity contribution in [2.24, 2.45) is 11.7 Å². The zero-order chi connectivity index (χ0) is 21.9. The highest BCUT2D eigenvalue weighted by Gasteiger charge is 2.22. The van der Waals surface area contributed by atoms with Gasteiger partial charge in [0, 0.05) is 5.39 Å². The number of hydrogen-bond acceptors (Lipinski definition) is 6. The first-order valence-electron chi connectivity index (χ1n) is 9.39. The monoisotopic (exact) mass is 425 g/mol. The number of aromatic nitrogens is 2. The molecule has 0 aliphatic carbocycles. The molecule has 0 saturated carbocycles. The summed E-state index contributed by atoms with van der Waals surface area (Å²) < 4.78 is 27.5. The second kappa shape index (κ2) is 8.65. The number of benzene rings is 1. The van der Waals surface area contributed by atoms with Crippen molar-refractivity contribution in [3.05, 3.63) is 59.9 Å². The van der Waals surface area contributed by atoms with Crippen LogP contribution in [0.3, 0.4) is 0 Å². The molecule has 9 heteroatoms. The first-order valence-corrected chi connectivity index (χ1v) is 10.9. The summed E-state index contributed by atoms with van der Waals surface area (Å²) in [6, 6.07) is 15.1. The van der Waals surface area contributed by atoms with E-state index in [-0.39, 0.29) is 23.2 Å². The SMILES string of the molecule is Cc1c#cc(S(=O)(=O)NCc2nc(N[C@H](C(N)=O)C(C)C)c3ccccc3n2)cc1. The van der Waals surface area contributed by atoms with Crippen LogP contribution in [0, 0.1) is 25.0 Å². The summed E-state index contributed by atoms with van der Waals surface area (Å²) in [5.41, 5.74) is 6.92. The predicted molar refractivity (Wildman–Crippen MR) is 114 cm³/mol. The van der Waals surface area contributed by atoms with Gasteiger partial charge in [0.1, 0.15) is 22.6 Å². The highest BCUT2D eigenvalue weighted by atomic mass is 32.2. The maximum atomic E-state index is 12.5. The number of primary amides is 1. The van der Waals surface area contributed by atoms with Gasteiger partial charge in [0.2, 0.25) is 15.9 Å². The third kappa shape index (κ3) is 4.84. The van der Waals surface area contributed by atoms with E-state index in [9.17, 15) is 13.2 Å². The van der Waals surface area contributed by atoms with Crippen molar-refractivity contribution in [2.75, 3.05) is 5.32 Å². The third-order valence-corrected chi connectivity index (χ3v) is 5.83. The molecular weight excluding hydrogens is 402 g/mol. The molecule has 0 aliphatic heterocycles. The number of nitrogens with one attached hydrogen (secondary N) is 2. The minimum Gasteiger partial charge on any atom is -0.368 e. The van der Waals surface area contributed by atoms with Crippen molar-refractivity contribution in [2.45, 2.75) is 38.3 Å². The molecule has 3 rings (SSSR count). The second-order valence-electron chi connectivity index (χ2n) is 7.23. The number of amides is 1. The van der Waals surface area contributed by atoms with Crippen molar-refractivity contribution in [1.29, 1.82) is 0 Å². The average Bonchev–Trinajstić information content (AvgIpc) is 2.70. The van der Waals surface area contributed by atoms with Gasteiger partial charge in [-0.05, 0) is 48.7 Å². The van der Waals surface area contributed by atoms with Crippen LogP contribution in [0.5, 0.6) is 0 Å². The lowest BCUT2D eigenvalue weighted by Gasteiger charge is -2.21. The molecule has 1 atom stereocenters. The van der Waals surface area contributed by atoms with Gasteiger partial charge < -0.3 is 11.1 Å². The zero-order valence-electron chi connectivity index (χ0n) is 16.9. The van der Waals surface area contributed by atoms with Crippen LogP contribution in [0.15, 0.2) is 41.3 Å². The van der Waals surface area contributed by atoms with Gasteiger partial charge in [-0.1, -0.05) is 32.0 Å². The Morgan fingerprint density at radius 3 is 2.50 bits per heavy atom. The van der Waals surface area contributed by atoms with Crippen LogP contribution in [0.2, 0.25) is 0 Å². The number of nitrogens with zero attached hydrogens (tertiary/aromatic N) is 2. The Morgan fingerprint density at radius 1 is 1.13 bits per heavy atom. The van der Waals surface area contributed by atoms with E-state index in [0.717, 1.165) is 5.56 Å². The van der Waals surface area contributed by atoms with Gasteiger partial charge in [-0.2, -0.15) is 0 Å². The van der Waals surface area contributed by atoms with Crippen molar-refractivity contribution in [1.82, 2.24) is 14.7 Å². The van der Waals surface area contributed by atoms with Gasteiger partial charge in [-0.25, -0.2) is 23.1 Å². The normalized spacial score (nSPS) is 12.5. The van der Waals surface area contributed by atoms with Crippen molar-refractivity contribution < 1.29 is 13.2 Å². The number of aryl methyl sites for hydroxylation is 1. The summed E-state index contributed by atoms with van der Waals surface area (Å²) in [5, 5.41) is 3.79. The van der Waals surface area contributed by atoms with E-state index >= 15 is 0 Å². The van der Waals surface area contributed by atoms with E-state index in [0.29, 0.717) is 16.7 Å². The molecule has 0 bridgehead atoms. The van der Waals surface area contributed by atoms with E-state index in [1.54, 1.807) is 19.1 Å². The second-order valence-corrected chi connectivity index (χ2v) is 8.96. The first kappa shape index (κ1) is 21.5. The number of rotatable bonds is 8. The fraction of sp³-hybridized carbons (Fsp3) is 0.286. The van der Waals surface area contributed by atoms with E-state index in [1.165, 1.54) is 6.07 Å². The molecular formula is C21H23N5O3S. The van der Waals surface area contributed by atoms with Crippen molar-refractivity contribution in [3.63, 3.8) is 0 Å². The summed E-state index contributed by atoms with van der Waals surface area (Å²) >= 11 is 0. The summed E-state index contributed by atoms with van der Waals surface area (Å²) in [4.78, 5) is 20.7. The molecule has 3 aromatic rings. The van der Waals surface area contributed by atoms with E-state index in [4.69, 9.17) is 5.73 Å². The van der Waals surface area contributed by atoms with Crippen LogP contribution in [0.1, 0.15) is 25.2 Å². The standard InChI is InChI=1S/C21H23N5O3S/c1-13(2)19(20(22)27)26-21-16-6-4-5-7-17(16)24-18(25-21)12-23-30(28,29)15-10-8-14(3)9-11-15/h4-8,10,13,19,23H,12H2,1-3H3,(H2,22,27)(H,24,25,26)/t19-/m0/s1. The quantitative estimate of drug-likeness (QED) is 0.506. The topological polar surface area (TPSA) is 127 Å². The average molecular weight is 426 g/mol. The van der Waals surface area contributed by atoms with Crippen molar-refractivity contribution >= 4 is 32.7 Å².